The average molecular weight is 341 g/mol. The zero-order valence-corrected chi connectivity index (χ0v) is 15.5. The van der Waals surface area contributed by atoms with E-state index >= 15 is 0 Å². The Morgan fingerprint density at radius 1 is 1.00 bits per heavy atom. The predicted molar refractivity (Wildman–Crippen MR) is 104 cm³/mol. The van der Waals surface area contributed by atoms with E-state index in [9.17, 15) is 5.26 Å². The molecule has 26 heavy (non-hydrogen) atoms. The molecule has 0 saturated heterocycles. The van der Waals surface area contributed by atoms with Crippen LogP contribution in [0.25, 0.3) is 33.2 Å². The highest BCUT2D eigenvalue weighted by Gasteiger charge is 2.23. The number of furan rings is 1. The number of aromatic nitrogens is 1. The van der Waals surface area contributed by atoms with Crippen LogP contribution in [0.15, 0.2) is 53.1 Å². The standard InChI is InChI=1S/C23H21N2O/c1-14(2)16-9-11-19-22(17(16)13-24)23-20(26-19)10-8-15(3)21(23)18-7-5-6-12-25(18)4/h5-12,14H,1-4H3/q+1. The SMILES string of the molecule is Cc1ccc2oc3ccc(C(C)C)c(C#N)c3c2c1-c1cccc[n+]1C. The first-order valence-electron chi connectivity index (χ1n) is 8.86. The summed E-state index contributed by atoms with van der Waals surface area (Å²) in [5.41, 5.74) is 6.78. The van der Waals surface area contributed by atoms with Crippen molar-refractivity contribution in [3.63, 3.8) is 0 Å². The first-order valence-corrected chi connectivity index (χ1v) is 8.86. The third kappa shape index (κ3) is 2.30. The molecule has 2 aromatic heterocycles. The molecule has 0 amide bonds. The van der Waals surface area contributed by atoms with E-state index in [-0.39, 0.29) is 5.92 Å². The van der Waals surface area contributed by atoms with Crippen LogP contribution >= 0.6 is 0 Å². The molecule has 0 spiro atoms. The zero-order chi connectivity index (χ0) is 18.4. The number of nitriles is 1. The summed E-state index contributed by atoms with van der Waals surface area (Å²) in [5.74, 6) is 0.278. The van der Waals surface area contributed by atoms with Crippen LogP contribution in [0, 0.1) is 18.3 Å². The van der Waals surface area contributed by atoms with Crippen molar-refractivity contribution < 1.29 is 8.98 Å². The van der Waals surface area contributed by atoms with Gasteiger partial charge in [0.2, 0.25) is 5.69 Å². The van der Waals surface area contributed by atoms with Gasteiger partial charge in [-0.1, -0.05) is 26.0 Å². The van der Waals surface area contributed by atoms with Gasteiger partial charge in [-0.15, -0.1) is 0 Å². The van der Waals surface area contributed by atoms with Gasteiger partial charge in [-0.2, -0.15) is 5.26 Å². The van der Waals surface area contributed by atoms with Crippen LogP contribution in [-0.4, -0.2) is 0 Å². The summed E-state index contributed by atoms with van der Waals surface area (Å²) in [7, 11) is 2.04. The van der Waals surface area contributed by atoms with Crippen LogP contribution in [0.3, 0.4) is 0 Å². The van der Waals surface area contributed by atoms with Crippen molar-refractivity contribution in [3.8, 4) is 17.3 Å². The van der Waals surface area contributed by atoms with Crippen molar-refractivity contribution >= 4 is 21.9 Å². The minimum absolute atomic E-state index is 0.278. The molecule has 0 aliphatic carbocycles. The molecule has 0 atom stereocenters. The number of fused-ring (bicyclic) bond motifs is 3. The van der Waals surface area contributed by atoms with E-state index < -0.39 is 0 Å². The van der Waals surface area contributed by atoms with E-state index in [0.717, 1.165) is 44.3 Å². The molecule has 0 bridgehead atoms. The third-order valence-corrected chi connectivity index (χ3v) is 5.09. The zero-order valence-electron chi connectivity index (χ0n) is 15.5. The number of benzene rings is 2. The lowest BCUT2D eigenvalue weighted by atomic mass is 9.91. The van der Waals surface area contributed by atoms with Crippen molar-refractivity contribution in [1.82, 2.24) is 0 Å². The molecule has 3 heteroatoms. The van der Waals surface area contributed by atoms with Crippen LogP contribution in [0.2, 0.25) is 0 Å². The minimum Gasteiger partial charge on any atom is -0.456 e. The third-order valence-electron chi connectivity index (χ3n) is 5.09. The number of rotatable bonds is 2. The van der Waals surface area contributed by atoms with Crippen molar-refractivity contribution in [1.29, 1.82) is 5.26 Å². The molecular weight excluding hydrogens is 320 g/mol. The molecule has 3 nitrogen and oxygen atoms in total. The first-order chi connectivity index (χ1) is 12.5. The molecule has 0 N–H and O–H groups in total. The first kappa shape index (κ1) is 16.4. The van der Waals surface area contributed by atoms with E-state index in [1.165, 1.54) is 5.56 Å². The molecule has 0 saturated carbocycles. The summed E-state index contributed by atoms with van der Waals surface area (Å²) >= 11 is 0. The Hall–Kier alpha value is -3.12. The quantitative estimate of drug-likeness (QED) is 0.459. The van der Waals surface area contributed by atoms with Crippen molar-refractivity contribution in [3.05, 3.63) is 65.4 Å². The fourth-order valence-electron chi connectivity index (χ4n) is 3.79. The molecule has 4 aromatic rings. The molecule has 0 aliphatic rings. The Morgan fingerprint density at radius 2 is 1.73 bits per heavy atom. The molecule has 4 rings (SSSR count). The van der Waals surface area contributed by atoms with Gasteiger partial charge < -0.3 is 4.42 Å². The summed E-state index contributed by atoms with van der Waals surface area (Å²) in [6.07, 6.45) is 2.04. The van der Waals surface area contributed by atoms with Gasteiger partial charge in [0, 0.05) is 22.9 Å². The molecule has 2 heterocycles. The van der Waals surface area contributed by atoms with Gasteiger partial charge in [-0.3, -0.25) is 0 Å². The van der Waals surface area contributed by atoms with Crippen LogP contribution in [0.5, 0.6) is 0 Å². The molecular formula is C23H21N2O+. The maximum Gasteiger partial charge on any atom is 0.213 e. The van der Waals surface area contributed by atoms with Crippen LogP contribution in [0.4, 0.5) is 0 Å². The predicted octanol–water partition coefficient (Wildman–Crippen LogP) is 5.38. The highest BCUT2D eigenvalue weighted by molar-refractivity contribution is 6.15. The lowest BCUT2D eigenvalue weighted by Crippen LogP contribution is -2.30. The maximum absolute atomic E-state index is 9.93. The van der Waals surface area contributed by atoms with Crippen molar-refractivity contribution in [2.75, 3.05) is 0 Å². The fourth-order valence-corrected chi connectivity index (χ4v) is 3.79. The Labute approximate surface area is 153 Å². The van der Waals surface area contributed by atoms with E-state index in [1.807, 2.05) is 43.6 Å². The van der Waals surface area contributed by atoms with Gasteiger partial charge >= 0.3 is 0 Å². The van der Waals surface area contributed by atoms with Crippen molar-refractivity contribution in [2.45, 2.75) is 26.7 Å². The smallest absolute Gasteiger partial charge is 0.213 e. The number of hydrogen-bond acceptors (Lipinski definition) is 2. The van der Waals surface area contributed by atoms with E-state index in [1.54, 1.807) is 0 Å². The second-order valence-corrected chi connectivity index (χ2v) is 7.10. The second-order valence-electron chi connectivity index (χ2n) is 7.10. The summed E-state index contributed by atoms with van der Waals surface area (Å²) < 4.78 is 8.24. The highest BCUT2D eigenvalue weighted by atomic mass is 16.3. The van der Waals surface area contributed by atoms with E-state index in [2.05, 4.69) is 43.5 Å². The maximum atomic E-state index is 9.93. The number of aryl methyl sites for hydroxylation is 2. The van der Waals surface area contributed by atoms with E-state index in [0.29, 0.717) is 0 Å². The number of pyridine rings is 1. The normalized spacial score (nSPS) is 11.4. The van der Waals surface area contributed by atoms with Gasteiger partial charge in [-0.25, -0.2) is 4.57 Å². The molecule has 2 aromatic carbocycles. The monoisotopic (exact) mass is 341 g/mol. The van der Waals surface area contributed by atoms with Crippen LogP contribution in [-0.2, 0) is 7.05 Å². The van der Waals surface area contributed by atoms with Crippen molar-refractivity contribution in [2.24, 2.45) is 7.05 Å². The van der Waals surface area contributed by atoms with E-state index in [4.69, 9.17) is 4.42 Å². The van der Waals surface area contributed by atoms with Gasteiger partial charge in [-0.05, 0) is 42.2 Å². The lowest BCUT2D eigenvalue weighted by Gasteiger charge is -2.10. The summed E-state index contributed by atoms with van der Waals surface area (Å²) in [5, 5.41) is 11.9. The Bertz CT molecular complexity index is 1190. The molecule has 0 aliphatic heterocycles. The Kier molecular flexibility index (Phi) is 3.77. The van der Waals surface area contributed by atoms with Crippen LogP contribution in [0.1, 0.15) is 36.5 Å². The topological polar surface area (TPSA) is 40.8 Å². The average Bonchev–Trinajstić information content (AvgIpc) is 3.00. The number of nitrogens with zero attached hydrogens (tertiary/aromatic N) is 2. The summed E-state index contributed by atoms with van der Waals surface area (Å²) in [6.45, 7) is 6.35. The Balaban J connectivity index is 2.25. The Morgan fingerprint density at radius 3 is 2.42 bits per heavy atom. The number of hydrogen-bond donors (Lipinski definition) is 0. The van der Waals surface area contributed by atoms with Gasteiger partial charge in [0.1, 0.15) is 24.3 Å². The largest absolute Gasteiger partial charge is 0.456 e. The molecule has 0 radical (unpaired) electrons. The van der Waals surface area contributed by atoms with Gasteiger partial charge in [0.25, 0.3) is 0 Å². The lowest BCUT2D eigenvalue weighted by molar-refractivity contribution is -0.660. The minimum atomic E-state index is 0.278. The second kappa shape index (κ2) is 6.00. The summed E-state index contributed by atoms with van der Waals surface area (Å²) in [6, 6.07) is 16.7. The molecule has 0 fully saturated rings. The fraction of sp³-hybridized carbons (Fsp3) is 0.217. The van der Waals surface area contributed by atoms with Gasteiger partial charge in [0.05, 0.1) is 11.1 Å². The summed E-state index contributed by atoms with van der Waals surface area (Å²) in [4.78, 5) is 0. The molecule has 0 unspecified atom stereocenters. The molecule has 128 valence electrons. The highest BCUT2D eigenvalue weighted by Crippen LogP contribution is 2.40. The van der Waals surface area contributed by atoms with Gasteiger partial charge in [0.15, 0.2) is 6.20 Å². The van der Waals surface area contributed by atoms with Crippen LogP contribution < -0.4 is 4.57 Å².